The predicted molar refractivity (Wildman–Crippen MR) is 85.1 cm³/mol. The van der Waals surface area contributed by atoms with Crippen LogP contribution < -0.4 is 28.5 Å². The molecule has 6 heteroatoms. The van der Waals surface area contributed by atoms with Gasteiger partial charge in [-0.25, -0.2) is 0 Å². The molecule has 1 aromatic heterocycles. The number of aromatic hydroxyl groups is 2. The molecule has 0 aliphatic heterocycles. The Balaban J connectivity index is 0.00000169. The summed E-state index contributed by atoms with van der Waals surface area (Å²) in [5.74, 6) is 0.471. The Kier molecular flexibility index (Phi) is 4.75. The maximum Gasteiger partial charge on any atom is 0.227 e. The number of phenolic OH excluding ortho intramolecular Hbond substituents is 2. The number of benzene rings is 1. The number of pyridine rings is 1. The summed E-state index contributed by atoms with van der Waals surface area (Å²) in [7, 11) is 0. The fourth-order valence-corrected chi connectivity index (χ4v) is 4.29. The number of halogens is 2. The topological polar surface area (TPSA) is 61.4 Å². The van der Waals surface area contributed by atoms with Gasteiger partial charge in [-0.15, -0.1) is 0 Å². The highest BCUT2D eigenvalue weighted by molar-refractivity contribution is 6.31. The number of nitrogens with zero attached hydrogens (tertiary/aromatic N) is 1. The Morgan fingerprint density at radius 2 is 1.92 bits per heavy atom. The molecular formula is C18H17ClINO3. The van der Waals surface area contributed by atoms with Crippen LogP contribution in [0.4, 0.5) is 0 Å². The van der Waals surface area contributed by atoms with Crippen LogP contribution in [-0.2, 0) is 6.54 Å². The molecule has 0 amide bonds. The number of carbonyl (C=O) groups is 1. The molecule has 0 bridgehead atoms. The van der Waals surface area contributed by atoms with Crippen molar-refractivity contribution < 1.29 is 43.6 Å². The quantitative estimate of drug-likeness (QED) is 0.302. The standard InChI is InChI=1S/C18H16ClNO3.HI/c19-13-6-7-20(18-12-3-1-2-11(12)17(13)18)9-16(23)10-4-5-14(21)15(22)8-10;/h4-8,11-12H,1-3,9H2,(H-,21,22,23);1H. The van der Waals surface area contributed by atoms with Crippen molar-refractivity contribution in [1.29, 1.82) is 0 Å². The smallest absolute Gasteiger partial charge is 0.227 e. The molecule has 2 N–H and O–H groups in total. The van der Waals surface area contributed by atoms with Crippen molar-refractivity contribution in [3.05, 3.63) is 52.3 Å². The van der Waals surface area contributed by atoms with Crippen molar-refractivity contribution in [2.45, 2.75) is 37.6 Å². The molecule has 1 saturated carbocycles. The second-order valence-electron chi connectivity index (χ2n) is 6.36. The van der Waals surface area contributed by atoms with Gasteiger partial charge >= 0.3 is 0 Å². The molecule has 0 saturated heterocycles. The van der Waals surface area contributed by atoms with Gasteiger partial charge in [-0.05, 0) is 31.0 Å². The monoisotopic (exact) mass is 457 g/mol. The van der Waals surface area contributed by atoms with Gasteiger partial charge in [-0.1, -0.05) is 18.0 Å². The van der Waals surface area contributed by atoms with Crippen molar-refractivity contribution in [2.24, 2.45) is 0 Å². The van der Waals surface area contributed by atoms with Crippen LogP contribution in [0.15, 0.2) is 30.5 Å². The number of carbonyl (C=O) groups excluding carboxylic acids is 1. The van der Waals surface area contributed by atoms with Crippen LogP contribution in [0.25, 0.3) is 0 Å². The highest BCUT2D eigenvalue weighted by Crippen LogP contribution is 2.56. The van der Waals surface area contributed by atoms with Gasteiger partial charge in [0.2, 0.25) is 12.3 Å². The molecule has 2 unspecified atom stereocenters. The minimum atomic E-state index is -0.277. The lowest BCUT2D eigenvalue weighted by Crippen LogP contribution is -3.00. The Bertz CT molecular complexity index is 824. The SMILES string of the molecule is O=C(C[n+]1ccc(Cl)c2c1C1CCCC21)c1ccc(O)c(O)c1.[I-]. The highest BCUT2D eigenvalue weighted by atomic mass is 127. The number of aromatic nitrogens is 1. The molecule has 2 aromatic rings. The molecule has 1 fully saturated rings. The van der Waals surface area contributed by atoms with E-state index in [1.54, 1.807) is 0 Å². The van der Waals surface area contributed by atoms with E-state index >= 15 is 0 Å². The van der Waals surface area contributed by atoms with Gasteiger partial charge in [-0.3, -0.25) is 4.79 Å². The van der Waals surface area contributed by atoms with E-state index < -0.39 is 0 Å². The Labute approximate surface area is 162 Å². The maximum absolute atomic E-state index is 12.5. The van der Waals surface area contributed by atoms with Crippen LogP contribution in [-0.4, -0.2) is 16.0 Å². The van der Waals surface area contributed by atoms with Gasteiger partial charge in [0, 0.05) is 23.1 Å². The summed E-state index contributed by atoms with van der Waals surface area (Å²) in [5.41, 5.74) is 2.79. The van der Waals surface area contributed by atoms with Gasteiger partial charge in [0.15, 0.2) is 23.4 Å². The lowest BCUT2D eigenvalue weighted by molar-refractivity contribution is -0.695. The van der Waals surface area contributed by atoms with Gasteiger partial charge in [0.1, 0.15) is 0 Å². The zero-order valence-electron chi connectivity index (χ0n) is 12.9. The van der Waals surface area contributed by atoms with E-state index in [0.29, 0.717) is 17.4 Å². The molecule has 2 atom stereocenters. The van der Waals surface area contributed by atoms with Gasteiger partial charge in [0.25, 0.3) is 0 Å². The number of hydrogen-bond donors (Lipinski definition) is 2. The second-order valence-corrected chi connectivity index (χ2v) is 6.77. The van der Waals surface area contributed by atoms with E-state index in [-0.39, 0.29) is 47.8 Å². The summed E-state index contributed by atoms with van der Waals surface area (Å²) in [6.45, 7) is 0.215. The third-order valence-electron chi connectivity index (χ3n) is 5.09. The molecule has 0 spiro atoms. The second kappa shape index (κ2) is 6.52. The zero-order valence-corrected chi connectivity index (χ0v) is 15.8. The van der Waals surface area contributed by atoms with Crippen LogP contribution in [0.3, 0.4) is 0 Å². The largest absolute Gasteiger partial charge is 1.00 e. The van der Waals surface area contributed by atoms with E-state index in [4.69, 9.17) is 11.6 Å². The molecule has 1 heterocycles. The molecule has 0 radical (unpaired) electrons. The lowest BCUT2D eigenvalue weighted by Gasteiger charge is -2.31. The number of rotatable bonds is 3. The summed E-state index contributed by atoms with van der Waals surface area (Å²) in [4.78, 5) is 12.5. The average Bonchev–Trinajstić information content (AvgIpc) is 2.90. The maximum atomic E-state index is 12.5. The number of phenols is 2. The molecule has 24 heavy (non-hydrogen) atoms. The summed E-state index contributed by atoms with van der Waals surface area (Å²) >= 11 is 6.34. The number of fused-ring (bicyclic) bond motifs is 4. The number of ketones is 1. The minimum Gasteiger partial charge on any atom is -1.00 e. The van der Waals surface area contributed by atoms with Gasteiger partial charge in [0.05, 0.1) is 10.9 Å². The fraction of sp³-hybridized carbons (Fsp3) is 0.333. The van der Waals surface area contributed by atoms with Crippen LogP contribution in [0, 0.1) is 0 Å². The van der Waals surface area contributed by atoms with Crippen molar-refractivity contribution in [1.82, 2.24) is 0 Å². The number of hydrogen-bond acceptors (Lipinski definition) is 3. The molecule has 4 nitrogen and oxygen atoms in total. The molecule has 126 valence electrons. The first-order valence-corrected chi connectivity index (χ1v) is 8.21. The molecule has 2 aliphatic carbocycles. The summed E-state index contributed by atoms with van der Waals surface area (Å²) in [6.07, 6.45) is 5.42. The zero-order chi connectivity index (χ0) is 16.1. The highest BCUT2D eigenvalue weighted by Gasteiger charge is 2.49. The minimum absolute atomic E-state index is 0. The van der Waals surface area contributed by atoms with E-state index in [0.717, 1.165) is 11.4 Å². The van der Waals surface area contributed by atoms with Crippen LogP contribution in [0.5, 0.6) is 11.5 Å². The Morgan fingerprint density at radius 3 is 2.67 bits per heavy atom. The average molecular weight is 458 g/mol. The third kappa shape index (κ3) is 2.67. The van der Waals surface area contributed by atoms with E-state index in [1.165, 1.54) is 42.3 Å². The van der Waals surface area contributed by atoms with Crippen molar-refractivity contribution in [3.8, 4) is 11.5 Å². The van der Waals surface area contributed by atoms with Crippen LogP contribution in [0.2, 0.25) is 5.02 Å². The molecule has 4 rings (SSSR count). The van der Waals surface area contributed by atoms with Crippen molar-refractivity contribution in [3.63, 3.8) is 0 Å². The van der Waals surface area contributed by atoms with Crippen molar-refractivity contribution >= 4 is 17.4 Å². The Morgan fingerprint density at radius 1 is 1.17 bits per heavy atom. The van der Waals surface area contributed by atoms with Crippen LogP contribution >= 0.6 is 11.6 Å². The Hall–Kier alpha value is -1.34. The molecule has 1 aromatic carbocycles. The first-order chi connectivity index (χ1) is 11.1. The number of Topliss-reactive ketones (excluding diaryl/α,β-unsaturated/α-hetero) is 1. The summed E-state index contributed by atoms with van der Waals surface area (Å²) < 4.78 is 1.99. The first-order valence-electron chi connectivity index (χ1n) is 7.83. The third-order valence-corrected chi connectivity index (χ3v) is 5.42. The van der Waals surface area contributed by atoms with E-state index in [1.807, 2.05) is 16.8 Å². The van der Waals surface area contributed by atoms with Crippen molar-refractivity contribution in [2.75, 3.05) is 0 Å². The fourth-order valence-electron chi connectivity index (χ4n) is 4.00. The molecule has 2 aliphatic rings. The predicted octanol–water partition coefficient (Wildman–Crippen LogP) is 0.290. The van der Waals surface area contributed by atoms with Gasteiger partial charge in [-0.2, -0.15) is 4.57 Å². The van der Waals surface area contributed by atoms with E-state index in [9.17, 15) is 15.0 Å². The first kappa shape index (κ1) is 17.5. The normalized spacial score (nSPS) is 20.5. The lowest BCUT2D eigenvalue weighted by atomic mass is 9.73. The van der Waals surface area contributed by atoms with Gasteiger partial charge < -0.3 is 34.2 Å². The van der Waals surface area contributed by atoms with E-state index in [2.05, 4.69) is 0 Å². The molecular weight excluding hydrogens is 441 g/mol. The van der Waals surface area contributed by atoms with Crippen LogP contribution in [0.1, 0.15) is 52.7 Å². The summed E-state index contributed by atoms with van der Waals surface area (Å²) in [6, 6.07) is 6.02. The summed E-state index contributed by atoms with van der Waals surface area (Å²) in [5, 5.41) is 19.7.